The Labute approximate surface area is 101 Å². The second kappa shape index (κ2) is 7.25. The lowest BCUT2D eigenvalue weighted by Crippen LogP contribution is -2.48. The van der Waals surface area contributed by atoms with Gasteiger partial charge in [-0.3, -0.25) is 4.90 Å². The van der Waals surface area contributed by atoms with Gasteiger partial charge >= 0.3 is 0 Å². The van der Waals surface area contributed by atoms with E-state index >= 15 is 0 Å². The van der Waals surface area contributed by atoms with Crippen LogP contribution in [0.2, 0.25) is 0 Å². The number of piperidine rings is 1. The molecule has 2 unspecified atom stereocenters. The lowest BCUT2D eigenvalue weighted by molar-refractivity contribution is 0.157. The van der Waals surface area contributed by atoms with Crippen LogP contribution in [0, 0.1) is 0 Å². The molecule has 1 fully saturated rings. The Morgan fingerprint density at radius 3 is 2.56 bits per heavy atom. The second-order valence-electron chi connectivity index (χ2n) is 5.35. The average Bonchev–Trinajstić information content (AvgIpc) is 2.26. The van der Waals surface area contributed by atoms with Crippen molar-refractivity contribution >= 4 is 0 Å². The number of nitrogens with one attached hydrogen (secondary N) is 1. The summed E-state index contributed by atoms with van der Waals surface area (Å²) in [5, 5.41) is 3.64. The van der Waals surface area contributed by atoms with Gasteiger partial charge in [-0.1, -0.05) is 13.3 Å². The molecule has 1 heterocycles. The average molecular weight is 227 g/mol. The first-order valence-corrected chi connectivity index (χ1v) is 6.75. The molecule has 0 aliphatic carbocycles. The molecular formula is C13H29N3. The molecule has 0 saturated carbocycles. The first-order valence-electron chi connectivity index (χ1n) is 6.75. The van der Waals surface area contributed by atoms with Crippen molar-refractivity contribution in [1.82, 2.24) is 15.1 Å². The molecule has 1 saturated heterocycles. The van der Waals surface area contributed by atoms with Crippen molar-refractivity contribution in [2.24, 2.45) is 0 Å². The molecule has 0 aromatic heterocycles. The smallest absolute Gasteiger partial charge is 0.0195 e. The Kier molecular flexibility index (Phi) is 6.32. The molecule has 0 radical (unpaired) electrons. The summed E-state index contributed by atoms with van der Waals surface area (Å²) in [6.45, 7) is 9.35. The van der Waals surface area contributed by atoms with Gasteiger partial charge in [0.1, 0.15) is 0 Å². The topological polar surface area (TPSA) is 18.5 Å². The maximum Gasteiger partial charge on any atom is 0.0195 e. The zero-order valence-electron chi connectivity index (χ0n) is 11.5. The fourth-order valence-electron chi connectivity index (χ4n) is 2.63. The van der Waals surface area contributed by atoms with Crippen molar-refractivity contribution in [3.8, 4) is 0 Å². The predicted molar refractivity (Wildman–Crippen MR) is 70.9 cm³/mol. The molecule has 1 aliphatic rings. The first kappa shape index (κ1) is 13.9. The SMILES string of the molecule is CCN(CC1CCCCN1)C(C)CN(C)C. The quantitative estimate of drug-likeness (QED) is 0.740. The highest BCUT2D eigenvalue weighted by Crippen LogP contribution is 2.10. The molecule has 0 spiro atoms. The second-order valence-corrected chi connectivity index (χ2v) is 5.35. The number of rotatable bonds is 6. The molecule has 96 valence electrons. The summed E-state index contributed by atoms with van der Waals surface area (Å²) >= 11 is 0. The summed E-state index contributed by atoms with van der Waals surface area (Å²) in [5.41, 5.74) is 0. The monoisotopic (exact) mass is 227 g/mol. The van der Waals surface area contributed by atoms with Crippen LogP contribution in [-0.2, 0) is 0 Å². The molecule has 3 nitrogen and oxygen atoms in total. The number of hydrogen-bond acceptors (Lipinski definition) is 3. The molecule has 16 heavy (non-hydrogen) atoms. The van der Waals surface area contributed by atoms with Gasteiger partial charge < -0.3 is 10.2 Å². The summed E-state index contributed by atoms with van der Waals surface area (Å²) < 4.78 is 0. The minimum atomic E-state index is 0.656. The molecule has 0 aromatic carbocycles. The van der Waals surface area contributed by atoms with Gasteiger partial charge in [0, 0.05) is 25.2 Å². The lowest BCUT2D eigenvalue weighted by atomic mass is 10.0. The molecular weight excluding hydrogens is 198 g/mol. The Hall–Kier alpha value is -0.120. The van der Waals surface area contributed by atoms with Crippen molar-refractivity contribution in [2.45, 2.75) is 45.2 Å². The van der Waals surface area contributed by atoms with Gasteiger partial charge in [0.2, 0.25) is 0 Å². The third-order valence-electron chi connectivity index (χ3n) is 3.53. The Morgan fingerprint density at radius 1 is 1.31 bits per heavy atom. The van der Waals surface area contributed by atoms with Crippen LogP contribution in [0.15, 0.2) is 0 Å². The van der Waals surface area contributed by atoms with E-state index in [1.54, 1.807) is 0 Å². The fraction of sp³-hybridized carbons (Fsp3) is 1.00. The minimum Gasteiger partial charge on any atom is -0.313 e. The molecule has 0 amide bonds. The standard InChI is InChI=1S/C13H29N3/c1-5-16(12(2)10-15(3)4)11-13-8-6-7-9-14-13/h12-14H,5-11H2,1-4H3. The third-order valence-corrected chi connectivity index (χ3v) is 3.53. The van der Waals surface area contributed by atoms with Crippen LogP contribution < -0.4 is 5.32 Å². The molecule has 3 heteroatoms. The number of likely N-dealkylation sites (N-methyl/N-ethyl adjacent to an activating group) is 2. The van der Waals surface area contributed by atoms with Gasteiger partial charge in [0.25, 0.3) is 0 Å². The van der Waals surface area contributed by atoms with E-state index in [4.69, 9.17) is 0 Å². The Bertz CT molecular complexity index is 176. The predicted octanol–water partition coefficient (Wildman–Crippen LogP) is 1.40. The van der Waals surface area contributed by atoms with Crippen LogP contribution in [0.4, 0.5) is 0 Å². The lowest BCUT2D eigenvalue weighted by Gasteiger charge is -2.34. The van der Waals surface area contributed by atoms with Crippen LogP contribution in [-0.4, -0.2) is 62.2 Å². The summed E-state index contributed by atoms with van der Waals surface area (Å²) in [6, 6.07) is 1.38. The maximum absolute atomic E-state index is 3.64. The fourth-order valence-corrected chi connectivity index (χ4v) is 2.63. The zero-order valence-corrected chi connectivity index (χ0v) is 11.5. The minimum absolute atomic E-state index is 0.656. The zero-order chi connectivity index (χ0) is 12.0. The van der Waals surface area contributed by atoms with Crippen LogP contribution in [0.25, 0.3) is 0 Å². The van der Waals surface area contributed by atoms with Gasteiger partial charge in [-0.2, -0.15) is 0 Å². The molecule has 0 aromatic rings. The largest absolute Gasteiger partial charge is 0.313 e. The highest BCUT2D eigenvalue weighted by Gasteiger charge is 2.19. The molecule has 1 aliphatic heterocycles. The highest BCUT2D eigenvalue weighted by molar-refractivity contribution is 4.78. The van der Waals surface area contributed by atoms with Crippen LogP contribution in [0.1, 0.15) is 33.1 Å². The third kappa shape index (κ3) is 4.81. The van der Waals surface area contributed by atoms with Crippen molar-refractivity contribution in [1.29, 1.82) is 0 Å². The number of nitrogens with zero attached hydrogens (tertiary/aromatic N) is 2. The van der Waals surface area contributed by atoms with Gasteiger partial charge in [0.05, 0.1) is 0 Å². The molecule has 2 atom stereocenters. The summed E-state index contributed by atoms with van der Waals surface area (Å²) in [4.78, 5) is 4.88. The van der Waals surface area contributed by atoms with Crippen molar-refractivity contribution < 1.29 is 0 Å². The molecule has 0 bridgehead atoms. The molecule has 1 N–H and O–H groups in total. The van der Waals surface area contributed by atoms with E-state index in [0.29, 0.717) is 6.04 Å². The van der Waals surface area contributed by atoms with Gasteiger partial charge in [-0.05, 0) is 47.0 Å². The van der Waals surface area contributed by atoms with E-state index in [-0.39, 0.29) is 0 Å². The van der Waals surface area contributed by atoms with E-state index in [9.17, 15) is 0 Å². The van der Waals surface area contributed by atoms with Gasteiger partial charge in [-0.25, -0.2) is 0 Å². The summed E-state index contributed by atoms with van der Waals surface area (Å²) in [7, 11) is 4.31. The Morgan fingerprint density at radius 2 is 2.06 bits per heavy atom. The van der Waals surface area contributed by atoms with E-state index in [2.05, 4.69) is 43.1 Å². The highest BCUT2D eigenvalue weighted by atomic mass is 15.2. The van der Waals surface area contributed by atoms with Crippen LogP contribution in [0.3, 0.4) is 0 Å². The molecule has 1 rings (SSSR count). The van der Waals surface area contributed by atoms with E-state index < -0.39 is 0 Å². The first-order chi connectivity index (χ1) is 7.63. The van der Waals surface area contributed by atoms with Crippen LogP contribution in [0.5, 0.6) is 0 Å². The van der Waals surface area contributed by atoms with E-state index in [0.717, 1.165) is 19.1 Å². The maximum atomic E-state index is 3.64. The summed E-state index contributed by atoms with van der Waals surface area (Å²) in [5.74, 6) is 0. The van der Waals surface area contributed by atoms with E-state index in [1.165, 1.54) is 32.4 Å². The van der Waals surface area contributed by atoms with Gasteiger partial charge in [-0.15, -0.1) is 0 Å². The number of hydrogen-bond donors (Lipinski definition) is 1. The summed E-state index contributed by atoms with van der Waals surface area (Å²) in [6.07, 6.45) is 4.11. The van der Waals surface area contributed by atoms with Crippen molar-refractivity contribution in [3.05, 3.63) is 0 Å². The van der Waals surface area contributed by atoms with Gasteiger partial charge in [0.15, 0.2) is 0 Å². The normalized spacial score (nSPS) is 24.0. The Balaban J connectivity index is 2.34. The van der Waals surface area contributed by atoms with E-state index in [1.807, 2.05) is 0 Å². The van der Waals surface area contributed by atoms with Crippen molar-refractivity contribution in [2.75, 3.05) is 40.3 Å². The van der Waals surface area contributed by atoms with Crippen molar-refractivity contribution in [3.63, 3.8) is 0 Å². The van der Waals surface area contributed by atoms with Crippen LogP contribution >= 0.6 is 0 Å².